The maximum Gasteiger partial charge on any atom is 0.223 e. The molecule has 2 heterocycles. The van der Waals surface area contributed by atoms with Crippen LogP contribution >= 0.6 is 0 Å². The van der Waals surface area contributed by atoms with Crippen molar-refractivity contribution in [2.45, 2.75) is 26.3 Å². The van der Waals surface area contributed by atoms with Crippen LogP contribution < -0.4 is 10.6 Å². The van der Waals surface area contributed by atoms with E-state index in [2.05, 4.69) is 15.7 Å². The number of nitrogens with zero attached hydrogens (tertiary/aromatic N) is 2. The fraction of sp³-hybridized carbons (Fsp3) is 0.667. The lowest BCUT2D eigenvalue weighted by Gasteiger charge is -2.21. The summed E-state index contributed by atoms with van der Waals surface area (Å²) in [7, 11) is 0. The third-order valence-corrected chi connectivity index (χ3v) is 3.11. The molecule has 5 nitrogen and oxygen atoms in total. The summed E-state index contributed by atoms with van der Waals surface area (Å²) in [5, 5.41) is 10.4. The van der Waals surface area contributed by atoms with E-state index in [0.717, 1.165) is 38.0 Å². The Morgan fingerprint density at radius 1 is 1.59 bits per heavy atom. The van der Waals surface area contributed by atoms with Crippen LogP contribution in [0.2, 0.25) is 0 Å². The normalized spacial score (nSPS) is 17.0. The predicted octanol–water partition coefficient (Wildman–Crippen LogP) is 0.307. The fourth-order valence-corrected chi connectivity index (χ4v) is 2.11. The Kier molecular flexibility index (Phi) is 4.14. The molecule has 0 spiro atoms. The van der Waals surface area contributed by atoms with Crippen LogP contribution in [-0.2, 0) is 11.3 Å². The van der Waals surface area contributed by atoms with Crippen molar-refractivity contribution in [3.8, 4) is 0 Å². The molecule has 1 aliphatic rings. The molecule has 1 aromatic rings. The van der Waals surface area contributed by atoms with Gasteiger partial charge in [-0.05, 0) is 38.4 Å². The lowest BCUT2D eigenvalue weighted by atomic mass is 9.97. The molecule has 5 heteroatoms. The number of carbonyl (C=O) groups is 1. The van der Waals surface area contributed by atoms with Crippen LogP contribution in [-0.4, -0.2) is 35.3 Å². The highest BCUT2D eigenvalue weighted by molar-refractivity contribution is 5.78. The Labute approximate surface area is 102 Å². The molecule has 2 N–H and O–H groups in total. The van der Waals surface area contributed by atoms with E-state index < -0.39 is 0 Å². The third kappa shape index (κ3) is 3.56. The first-order valence-electron chi connectivity index (χ1n) is 6.23. The van der Waals surface area contributed by atoms with Gasteiger partial charge in [0, 0.05) is 18.7 Å². The summed E-state index contributed by atoms with van der Waals surface area (Å²) in [6.07, 6.45) is 5.71. The lowest BCUT2D eigenvalue weighted by molar-refractivity contribution is -0.125. The second kappa shape index (κ2) is 5.82. The van der Waals surface area contributed by atoms with Gasteiger partial charge in [0.05, 0.1) is 12.7 Å². The van der Waals surface area contributed by atoms with E-state index in [-0.39, 0.29) is 11.8 Å². The predicted molar refractivity (Wildman–Crippen MR) is 65.6 cm³/mol. The van der Waals surface area contributed by atoms with Gasteiger partial charge in [-0.2, -0.15) is 5.10 Å². The molecule has 0 aliphatic carbocycles. The van der Waals surface area contributed by atoms with E-state index in [1.54, 1.807) is 0 Å². The summed E-state index contributed by atoms with van der Waals surface area (Å²) >= 11 is 0. The summed E-state index contributed by atoms with van der Waals surface area (Å²) < 4.78 is 1.86. The van der Waals surface area contributed by atoms with Crippen LogP contribution in [0.1, 0.15) is 18.4 Å². The van der Waals surface area contributed by atoms with Crippen LogP contribution in [0.25, 0.3) is 0 Å². The Bertz CT molecular complexity index is 368. The number of piperidine rings is 1. The molecule has 1 aromatic heterocycles. The number of rotatable bonds is 4. The maximum absolute atomic E-state index is 11.8. The first kappa shape index (κ1) is 12.1. The fourth-order valence-electron chi connectivity index (χ4n) is 2.11. The lowest BCUT2D eigenvalue weighted by Crippen LogP contribution is -2.39. The zero-order chi connectivity index (χ0) is 12.1. The molecule has 2 rings (SSSR count). The number of amides is 1. The third-order valence-electron chi connectivity index (χ3n) is 3.11. The van der Waals surface area contributed by atoms with Gasteiger partial charge in [-0.1, -0.05) is 0 Å². The molecule has 0 bridgehead atoms. The van der Waals surface area contributed by atoms with Crippen LogP contribution in [0, 0.1) is 12.8 Å². The first-order chi connectivity index (χ1) is 8.25. The molecular weight excluding hydrogens is 216 g/mol. The molecule has 17 heavy (non-hydrogen) atoms. The molecule has 1 saturated heterocycles. The highest BCUT2D eigenvalue weighted by atomic mass is 16.1. The quantitative estimate of drug-likeness (QED) is 0.791. The zero-order valence-electron chi connectivity index (χ0n) is 10.3. The van der Waals surface area contributed by atoms with Gasteiger partial charge >= 0.3 is 0 Å². The minimum absolute atomic E-state index is 0.190. The van der Waals surface area contributed by atoms with E-state index >= 15 is 0 Å². The summed E-state index contributed by atoms with van der Waals surface area (Å²) in [5.74, 6) is 0.381. The Hall–Kier alpha value is -1.36. The van der Waals surface area contributed by atoms with Gasteiger partial charge < -0.3 is 10.6 Å². The number of aromatic nitrogens is 2. The van der Waals surface area contributed by atoms with Gasteiger partial charge in [0.25, 0.3) is 0 Å². The number of hydrogen-bond donors (Lipinski definition) is 2. The average molecular weight is 236 g/mol. The van der Waals surface area contributed by atoms with Crippen LogP contribution in [0.4, 0.5) is 0 Å². The topological polar surface area (TPSA) is 59.0 Å². The Morgan fingerprint density at radius 2 is 2.35 bits per heavy atom. The molecule has 0 atom stereocenters. The minimum atomic E-state index is 0.190. The van der Waals surface area contributed by atoms with Gasteiger partial charge in [-0.15, -0.1) is 0 Å². The second-order valence-electron chi connectivity index (χ2n) is 4.60. The number of carbonyl (C=O) groups excluding carboxylic acids is 1. The largest absolute Gasteiger partial charge is 0.354 e. The van der Waals surface area contributed by atoms with E-state index in [1.807, 2.05) is 24.0 Å². The number of hydrogen-bond acceptors (Lipinski definition) is 3. The molecule has 0 radical (unpaired) electrons. The molecular formula is C12H20N4O. The highest BCUT2D eigenvalue weighted by Gasteiger charge is 2.20. The summed E-state index contributed by atoms with van der Waals surface area (Å²) in [6.45, 7) is 5.32. The standard InChI is InChI=1S/C12H20N4O/c1-10-8-15-16(9-10)7-6-14-12(17)11-2-4-13-5-3-11/h8-9,11,13H,2-7H2,1H3,(H,14,17). The molecule has 0 aromatic carbocycles. The van der Waals surface area contributed by atoms with Gasteiger partial charge in [-0.25, -0.2) is 0 Å². The SMILES string of the molecule is Cc1cnn(CCNC(=O)C2CCNCC2)c1. The van der Waals surface area contributed by atoms with Crippen molar-refractivity contribution in [2.24, 2.45) is 5.92 Å². The summed E-state index contributed by atoms with van der Waals surface area (Å²) in [5.41, 5.74) is 1.15. The van der Waals surface area contributed by atoms with Crippen LogP contribution in [0.3, 0.4) is 0 Å². The molecule has 1 amide bonds. The van der Waals surface area contributed by atoms with Crippen molar-refractivity contribution in [3.05, 3.63) is 18.0 Å². The van der Waals surface area contributed by atoms with Crippen molar-refractivity contribution in [1.82, 2.24) is 20.4 Å². The molecule has 94 valence electrons. The van der Waals surface area contributed by atoms with E-state index in [0.29, 0.717) is 6.54 Å². The van der Waals surface area contributed by atoms with Crippen molar-refractivity contribution in [3.63, 3.8) is 0 Å². The summed E-state index contributed by atoms with van der Waals surface area (Å²) in [6, 6.07) is 0. The van der Waals surface area contributed by atoms with Gasteiger partial charge in [0.1, 0.15) is 0 Å². The zero-order valence-corrected chi connectivity index (χ0v) is 10.3. The van der Waals surface area contributed by atoms with Crippen LogP contribution in [0.15, 0.2) is 12.4 Å². The van der Waals surface area contributed by atoms with Gasteiger partial charge in [0.2, 0.25) is 5.91 Å². The van der Waals surface area contributed by atoms with Crippen molar-refractivity contribution < 1.29 is 4.79 Å². The van der Waals surface area contributed by atoms with Gasteiger partial charge in [0.15, 0.2) is 0 Å². The van der Waals surface area contributed by atoms with E-state index in [9.17, 15) is 4.79 Å². The van der Waals surface area contributed by atoms with Crippen molar-refractivity contribution in [1.29, 1.82) is 0 Å². The maximum atomic E-state index is 11.8. The van der Waals surface area contributed by atoms with Crippen molar-refractivity contribution >= 4 is 5.91 Å². The summed E-state index contributed by atoms with van der Waals surface area (Å²) in [4.78, 5) is 11.8. The van der Waals surface area contributed by atoms with Crippen LogP contribution in [0.5, 0.6) is 0 Å². The Balaban J connectivity index is 1.69. The molecule has 0 saturated carbocycles. The smallest absolute Gasteiger partial charge is 0.223 e. The van der Waals surface area contributed by atoms with E-state index in [1.165, 1.54) is 0 Å². The minimum Gasteiger partial charge on any atom is -0.354 e. The Morgan fingerprint density at radius 3 is 3.00 bits per heavy atom. The second-order valence-corrected chi connectivity index (χ2v) is 4.60. The first-order valence-corrected chi connectivity index (χ1v) is 6.23. The highest BCUT2D eigenvalue weighted by Crippen LogP contribution is 2.10. The molecule has 1 fully saturated rings. The molecule has 1 aliphatic heterocycles. The number of aryl methyl sites for hydroxylation is 1. The molecule has 0 unspecified atom stereocenters. The average Bonchev–Trinajstić information content (AvgIpc) is 2.76. The van der Waals surface area contributed by atoms with Crippen molar-refractivity contribution in [2.75, 3.05) is 19.6 Å². The monoisotopic (exact) mass is 236 g/mol. The van der Waals surface area contributed by atoms with E-state index in [4.69, 9.17) is 0 Å². The number of nitrogens with one attached hydrogen (secondary N) is 2. The van der Waals surface area contributed by atoms with Gasteiger partial charge in [-0.3, -0.25) is 9.48 Å².